The molecule has 2 aromatic rings. The minimum absolute atomic E-state index is 0.196. The minimum Gasteiger partial charge on any atom is -0.454 e. The highest BCUT2D eigenvalue weighted by Gasteiger charge is 2.25. The normalized spacial score (nSPS) is 18.9. The molecule has 0 saturated heterocycles. The van der Waals surface area contributed by atoms with Gasteiger partial charge in [0.2, 0.25) is 12.8 Å². The Kier molecular flexibility index (Phi) is 3.12. The molecule has 0 spiro atoms. The zero-order chi connectivity index (χ0) is 15.9. The fraction of sp³-hybridized carbons (Fsp3) is 0.133. The van der Waals surface area contributed by atoms with Crippen LogP contribution in [0.4, 0.5) is 5.69 Å². The van der Waals surface area contributed by atoms with E-state index in [0.29, 0.717) is 23.7 Å². The third kappa shape index (κ3) is 2.57. The largest absolute Gasteiger partial charge is 0.454 e. The number of nitrogens with one attached hydrogen (secondary N) is 2. The average Bonchev–Trinajstić information content (AvgIpc) is 3.00. The highest BCUT2D eigenvalue weighted by atomic mass is 32.2. The highest BCUT2D eigenvalue weighted by Crippen LogP contribution is 2.32. The number of sulfonamides is 1. The number of hydrogen-bond acceptors (Lipinski definition) is 5. The summed E-state index contributed by atoms with van der Waals surface area (Å²) in [6.45, 7) is 0.523. The van der Waals surface area contributed by atoms with E-state index in [0.717, 1.165) is 5.56 Å². The van der Waals surface area contributed by atoms with Gasteiger partial charge in [-0.2, -0.15) is 0 Å². The molecule has 0 aromatic heterocycles. The summed E-state index contributed by atoms with van der Waals surface area (Å²) in [5.74, 6) is 1.57. The van der Waals surface area contributed by atoms with E-state index in [1.807, 2.05) is 18.2 Å². The van der Waals surface area contributed by atoms with E-state index in [-0.39, 0.29) is 17.6 Å². The van der Waals surface area contributed by atoms with Crippen LogP contribution in [0, 0.1) is 0 Å². The third-order valence-electron chi connectivity index (χ3n) is 3.52. The predicted molar refractivity (Wildman–Crippen MR) is 84.1 cm³/mol. The van der Waals surface area contributed by atoms with Crippen LogP contribution in [0.25, 0.3) is 0 Å². The maximum Gasteiger partial charge on any atom is 0.266 e. The number of nitrogens with zero attached hydrogens (tertiary/aromatic N) is 1. The van der Waals surface area contributed by atoms with Crippen molar-refractivity contribution in [2.75, 3.05) is 12.1 Å². The number of para-hydroxylation sites is 1. The summed E-state index contributed by atoms with van der Waals surface area (Å²) in [4.78, 5) is 4.50. The summed E-state index contributed by atoms with van der Waals surface area (Å²) in [6, 6.07) is 12.2. The summed E-state index contributed by atoms with van der Waals surface area (Å²) in [7, 11) is -3.59. The van der Waals surface area contributed by atoms with Gasteiger partial charge in [0.1, 0.15) is 4.90 Å². The molecule has 0 unspecified atom stereocenters. The lowest BCUT2D eigenvalue weighted by molar-refractivity contribution is 0.174. The van der Waals surface area contributed by atoms with E-state index in [9.17, 15) is 8.42 Å². The van der Waals surface area contributed by atoms with Crippen LogP contribution in [0.15, 0.2) is 52.4 Å². The van der Waals surface area contributed by atoms with E-state index in [4.69, 9.17) is 9.47 Å². The lowest BCUT2D eigenvalue weighted by Gasteiger charge is -2.21. The van der Waals surface area contributed by atoms with Gasteiger partial charge in [0.15, 0.2) is 11.5 Å². The first kappa shape index (κ1) is 13.9. The van der Waals surface area contributed by atoms with Gasteiger partial charge in [0.25, 0.3) is 10.0 Å². The number of anilines is 1. The quantitative estimate of drug-likeness (QED) is 0.874. The van der Waals surface area contributed by atoms with Gasteiger partial charge in [0, 0.05) is 0 Å². The first-order valence-corrected chi connectivity index (χ1v) is 8.42. The molecular formula is C15H13N3O4S. The van der Waals surface area contributed by atoms with Crippen LogP contribution in [0.3, 0.4) is 0 Å². The van der Waals surface area contributed by atoms with Crippen molar-refractivity contribution < 1.29 is 17.9 Å². The van der Waals surface area contributed by atoms with Gasteiger partial charge in [-0.1, -0.05) is 18.2 Å². The molecule has 8 heteroatoms. The Morgan fingerprint density at radius 3 is 2.83 bits per heavy atom. The Morgan fingerprint density at radius 2 is 1.91 bits per heavy atom. The number of fused-ring (bicyclic) bond motifs is 2. The molecule has 2 N–H and O–H groups in total. The number of ether oxygens (including phenoxy) is 2. The van der Waals surface area contributed by atoms with Gasteiger partial charge in [-0.25, -0.2) is 18.1 Å². The monoisotopic (exact) mass is 331 g/mol. The van der Waals surface area contributed by atoms with E-state index in [1.165, 1.54) is 0 Å². The first-order chi connectivity index (χ1) is 11.1. The minimum atomic E-state index is -3.59. The van der Waals surface area contributed by atoms with Crippen LogP contribution in [0.1, 0.15) is 5.56 Å². The van der Waals surface area contributed by atoms with Crippen molar-refractivity contribution in [1.29, 1.82) is 0 Å². The number of aliphatic imine (C=N–C) groups is 1. The fourth-order valence-corrected chi connectivity index (χ4v) is 3.57. The van der Waals surface area contributed by atoms with Gasteiger partial charge in [-0.3, -0.25) is 0 Å². The van der Waals surface area contributed by atoms with E-state index in [1.54, 1.807) is 24.3 Å². The van der Waals surface area contributed by atoms with E-state index < -0.39 is 10.0 Å². The topological polar surface area (TPSA) is 89.0 Å². The van der Waals surface area contributed by atoms with Crippen LogP contribution < -0.4 is 19.5 Å². The van der Waals surface area contributed by atoms with Gasteiger partial charge < -0.3 is 14.8 Å². The molecule has 4 rings (SSSR count). The molecule has 0 atom stereocenters. The van der Waals surface area contributed by atoms with Crippen molar-refractivity contribution in [1.82, 2.24) is 4.72 Å². The lowest BCUT2D eigenvalue weighted by Crippen LogP contribution is -2.40. The molecule has 0 bridgehead atoms. The second-order valence-electron chi connectivity index (χ2n) is 5.08. The second-order valence-corrected chi connectivity index (χ2v) is 6.73. The predicted octanol–water partition coefficient (Wildman–Crippen LogP) is 1.68. The van der Waals surface area contributed by atoms with Crippen molar-refractivity contribution in [3.63, 3.8) is 0 Å². The SMILES string of the molecule is O=S1(=O)NC(=NCc2ccc3c(c2)OCO3)Nc2ccccc21. The van der Waals surface area contributed by atoms with Gasteiger partial charge >= 0.3 is 0 Å². The maximum atomic E-state index is 12.2. The summed E-state index contributed by atoms with van der Waals surface area (Å²) >= 11 is 0. The highest BCUT2D eigenvalue weighted by molar-refractivity contribution is 7.90. The molecule has 2 aromatic carbocycles. The van der Waals surface area contributed by atoms with Crippen molar-refractivity contribution in [2.24, 2.45) is 4.99 Å². The summed E-state index contributed by atoms with van der Waals surface area (Å²) < 4.78 is 37.4. The maximum absolute atomic E-state index is 12.2. The molecular weight excluding hydrogens is 318 g/mol. The van der Waals surface area contributed by atoms with Gasteiger partial charge in [-0.05, 0) is 29.8 Å². The van der Waals surface area contributed by atoms with E-state index in [2.05, 4.69) is 15.0 Å². The standard InChI is InChI=1S/C15H13N3O4S/c19-23(20)14-4-2-1-3-11(14)17-15(18-23)16-8-10-5-6-12-13(7-10)22-9-21-12/h1-7H,8-9H2,(H2,16,17,18). The second kappa shape index (κ2) is 5.17. The Morgan fingerprint density at radius 1 is 1.09 bits per heavy atom. The summed E-state index contributed by atoms with van der Waals surface area (Å²) in [6.07, 6.45) is 0. The molecule has 0 fully saturated rings. The molecule has 7 nitrogen and oxygen atoms in total. The van der Waals surface area contributed by atoms with Crippen LogP contribution in [-0.4, -0.2) is 21.2 Å². The molecule has 2 heterocycles. The number of hydrogen-bond donors (Lipinski definition) is 2. The first-order valence-electron chi connectivity index (χ1n) is 6.94. The summed E-state index contributed by atoms with van der Waals surface area (Å²) in [5.41, 5.74) is 1.40. The number of rotatable bonds is 2. The van der Waals surface area contributed by atoms with Crippen LogP contribution in [0.5, 0.6) is 11.5 Å². The Labute approximate surface area is 133 Å². The lowest BCUT2D eigenvalue weighted by atomic mass is 10.2. The molecule has 2 aliphatic heterocycles. The molecule has 23 heavy (non-hydrogen) atoms. The van der Waals surface area contributed by atoms with Crippen LogP contribution >= 0.6 is 0 Å². The van der Waals surface area contributed by atoms with Crippen LogP contribution in [0.2, 0.25) is 0 Å². The number of benzene rings is 2. The Bertz CT molecular complexity index is 909. The molecule has 0 saturated carbocycles. The molecule has 0 amide bonds. The molecule has 0 radical (unpaired) electrons. The Hall–Kier alpha value is -2.74. The van der Waals surface area contributed by atoms with Gasteiger partial charge in [0.05, 0.1) is 12.2 Å². The molecule has 0 aliphatic carbocycles. The van der Waals surface area contributed by atoms with Crippen molar-refractivity contribution in [3.05, 3.63) is 48.0 Å². The molecule has 2 aliphatic rings. The van der Waals surface area contributed by atoms with Gasteiger partial charge in [-0.15, -0.1) is 0 Å². The van der Waals surface area contributed by atoms with Crippen LogP contribution in [-0.2, 0) is 16.6 Å². The van der Waals surface area contributed by atoms with Crippen molar-refractivity contribution >= 4 is 21.7 Å². The summed E-state index contributed by atoms with van der Waals surface area (Å²) in [5, 5.41) is 2.98. The smallest absolute Gasteiger partial charge is 0.266 e. The van der Waals surface area contributed by atoms with Crippen molar-refractivity contribution in [2.45, 2.75) is 11.4 Å². The average molecular weight is 331 g/mol. The fourth-order valence-electron chi connectivity index (χ4n) is 2.42. The van der Waals surface area contributed by atoms with Crippen molar-refractivity contribution in [3.8, 4) is 11.5 Å². The number of guanidine groups is 1. The zero-order valence-corrected chi connectivity index (χ0v) is 12.8. The van der Waals surface area contributed by atoms with E-state index >= 15 is 0 Å². The zero-order valence-electron chi connectivity index (χ0n) is 11.9. The molecule has 118 valence electrons. The third-order valence-corrected chi connectivity index (χ3v) is 4.91. The Balaban J connectivity index is 1.59.